The molecule has 3 heteroatoms. The normalized spacial score (nSPS) is 26.2. The zero-order chi connectivity index (χ0) is 17.3. The lowest BCUT2D eigenvalue weighted by Gasteiger charge is -2.39. The molecule has 2 saturated heterocycles. The molecule has 0 N–H and O–H groups in total. The number of para-hydroxylation sites is 1. The zero-order valence-corrected chi connectivity index (χ0v) is 16.3. The molecular weight excluding hydrogens is 294 g/mol. The summed E-state index contributed by atoms with van der Waals surface area (Å²) in [6.07, 6.45) is 5.27. The van der Waals surface area contributed by atoms with E-state index in [1.165, 1.54) is 50.0 Å². The standard InChI is InChI=1S/C21H35N3/c1-21(2,3)24-15-9-13-20(24)18-11-6-7-12-19(18)23(5)16-17-10-8-14-22(17)4/h6-7,11-12,17,20H,8-10,13-16H2,1-5H3/t17?,20-/m1/s1. The summed E-state index contributed by atoms with van der Waals surface area (Å²) in [7, 11) is 4.55. The summed E-state index contributed by atoms with van der Waals surface area (Å²) in [6, 6.07) is 10.4. The Morgan fingerprint density at radius 1 is 1.08 bits per heavy atom. The zero-order valence-electron chi connectivity index (χ0n) is 16.3. The highest BCUT2D eigenvalue weighted by molar-refractivity contribution is 5.55. The highest BCUT2D eigenvalue weighted by Crippen LogP contribution is 2.40. The summed E-state index contributed by atoms with van der Waals surface area (Å²) in [5.41, 5.74) is 3.19. The Balaban J connectivity index is 1.82. The van der Waals surface area contributed by atoms with Gasteiger partial charge in [-0.3, -0.25) is 4.90 Å². The van der Waals surface area contributed by atoms with Gasteiger partial charge in [-0.2, -0.15) is 0 Å². The van der Waals surface area contributed by atoms with E-state index >= 15 is 0 Å². The number of hydrogen-bond donors (Lipinski definition) is 0. The minimum absolute atomic E-state index is 0.235. The lowest BCUT2D eigenvalue weighted by atomic mass is 9.97. The van der Waals surface area contributed by atoms with Crippen molar-refractivity contribution in [2.45, 2.75) is 64.1 Å². The van der Waals surface area contributed by atoms with Crippen LogP contribution in [0.2, 0.25) is 0 Å². The van der Waals surface area contributed by atoms with Crippen LogP contribution in [0.5, 0.6) is 0 Å². The van der Waals surface area contributed by atoms with Crippen LogP contribution >= 0.6 is 0 Å². The first-order chi connectivity index (χ1) is 11.4. The van der Waals surface area contributed by atoms with E-state index in [9.17, 15) is 0 Å². The molecule has 3 rings (SSSR count). The van der Waals surface area contributed by atoms with Crippen molar-refractivity contribution >= 4 is 5.69 Å². The van der Waals surface area contributed by atoms with Crippen LogP contribution in [0.4, 0.5) is 5.69 Å². The van der Waals surface area contributed by atoms with Gasteiger partial charge in [-0.15, -0.1) is 0 Å². The van der Waals surface area contributed by atoms with Gasteiger partial charge in [-0.05, 0) is 78.2 Å². The van der Waals surface area contributed by atoms with Gasteiger partial charge >= 0.3 is 0 Å². The van der Waals surface area contributed by atoms with Gasteiger partial charge in [0, 0.05) is 36.9 Å². The third-order valence-corrected chi connectivity index (χ3v) is 5.98. The first kappa shape index (κ1) is 17.8. The molecule has 0 aliphatic carbocycles. The van der Waals surface area contributed by atoms with Crippen molar-refractivity contribution in [3.8, 4) is 0 Å². The summed E-state index contributed by atoms with van der Waals surface area (Å²) in [5.74, 6) is 0. The molecule has 0 bridgehead atoms. The Hall–Kier alpha value is -1.06. The van der Waals surface area contributed by atoms with Crippen LogP contribution in [0.15, 0.2) is 24.3 Å². The second-order valence-electron chi connectivity index (χ2n) is 8.74. The highest BCUT2D eigenvalue weighted by atomic mass is 15.2. The maximum atomic E-state index is 2.70. The quantitative estimate of drug-likeness (QED) is 0.821. The maximum Gasteiger partial charge on any atom is 0.0412 e. The Bertz CT molecular complexity index is 548. The van der Waals surface area contributed by atoms with Crippen molar-refractivity contribution in [1.29, 1.82) is 0 Å². The molecule has 2 atom stereocenters. The summed E-state index contributed by atoms with van der Waals surface area (Å²) >= 11 is 0. The third-order valence-electron chi connectivity index (χ3n) is 5.98. The fourth-order valence-electron chi connectivity index (χ4n) is 4.63. The van der Waals surface area contributed by atoms with Crippen LogP contribution in [0.1, 0.15) is 58.1 Å². The highest BCUT2D eigenvalue weighted by Gasteiger charge is 2.35. The topological polar surface area (TPSA) is 9.72 Å². The molecule has 0 aromatic heterocycles. The number of likely N-dealkylation sites (tertiary alicyclic amines) is 2. The summed E-state index contributed by atoms with van der Waals surface area (Å²) < 4.78 is 0. The molecule has 2 aliphatic rings. The molecule has 3 nitrogen and oxygen atoms in total. The molecule has 2 fully saturated rings. The van der Waals surface area contributed by atoms with E-state index in [4.69, 9.17) is 0 Å². The third kappa shape index (κ3) is 3.62. The van der Waals surface area contributed by atoms with E-state index in [1.54, 1.807) is 0 Å². The number of anilines is 1. The number of hydrogen-bond acceptors (Lipinski definition) is 3. The molecule has 1 unspecified atom stereocenters. The van der Waals surface area contributed by atoms with Crippen LogP contribution in [0.3, 0.4) is 0 Å². The van der Waals surface area contributed by atoms with E-state index in [0.717, 1.165) is 6.54 Å². The van der Waals surface area contributed by atoms with Gasteiger partial charge in [-0.25, -0.2) is 0 Å². The van der Waals surface area contributed by atoms with Crippen molar-refractivity contribution in [2.24, 2.45) is 0 Å². The molecule has 1 aromatic rings. The van der Waals surface area contributed by atoms with Gasteiger partial charge in [-0.1, -0.05) is 18.2 Å². The number of likely N-dealkylation sites (N-methyl/N-ethyl adjacent to an activating group) is 2. The number of benzene rings is 1. The van der Waals surface area contributed by atoms with Crippen molar-refractivity contribution in [2.75, 3.05) is 38.6 Å². The van der Waals surface area contributed by atoms with Gasteiger partial charge < -0.3 is 9.80 Å². The summed E-state index contributed by atoms with van der Waals surface area (Å²) in [6.45, 7) is 10.7. The predicted molar refractivity (Wildman–Crippen MR) is 104 cm³/mol. The molecule has 1 aromatic carbocycles. The first-order valence-electron chi connectivity index (χ1n) is 9.65. The van der Waals surface area contributed by atoms with Gasteiger partial charge in [0.15, 0.2) is 0 Å². The van der Waals surface area contributed by atoms with E-state index < -0.39 is 0 Å². The molecule has 2 heterocycles. The van der Waals surface area contributed by atoms with Crippen LogP contribution in [-0.2, 0) is 0 Å². The van der Waals surface area contributed by atoms with Crippen molar-refractivity contribution in [3.05, 3.63) is 29.8 Å². The minimum atomic E-state index is 0.235. The Morgan fingerprint density at radius 3 is 2.46 bits per heavy atom. The molecule has 0 amide bonds. The van der Waals surface area contributed by atoms with Crippen molar-refractivity contribution in [3.63, 3.8) is 0 Å². The van der Waals surface area contributed by atoms with Crippen LogP contribution < -0.4 is 4.90 Å². The second kappa shape index (κ2) is 7.05. The minimum Gasteiger partial charge on any atom is -0.373 e. The molecule has 0 saturated carbocycles. The van der Waals surface area contributed by atoms with E-state index in [2.05, 4.69) is 73.8 Å². The fraction of sp³-hybridized carbons (Fsp3) is 0.714. The van der Waals surface area contributed by atoms with Gasteiger partial charge in [0.1, 0.15) is 0 Å². The second-order valence-corrected chi connectivity index (χ2v) is 8.74. The maximum absolute atomic E-state index is 2.70. The lowest BCUT2D eigenvalue weighted by molar-refractivity contribution is 0.122. The van der Waals surface area contributed by atoms with Crippen molar-refractivity contribution in [1.82, 2.24) is 9.80 Å². The summed E-state index contributed by atoms with van der Waals surface area (Å²) in [4.78, 5) is 7.72. The average molecular weight is 330 g/mol. The molecule has 0 spiro atoms. The molecule has 0 radical (unpaired) electrons. The largest absolute Gasteiger partial charge is 0.373 e. The van der Waals surface area contributed by atoms with Crippen molar-refractivity contribution < 1.29 is 0 Å². The average Bonchev–Trinajstić information content (AvgIpc) is 3.16. The Kier molecular flexibility index (Phi) is 5.22. The number of rotatable bonds is 4. The monoisotopic (exact) mass is 329 g/mol. The fourth-order valence-corrected chi connectivity index (χ4v) is 4.63. The van der Waals surface area contributed by atoms with E-state index in [0.29, 0.717) is 12.1 Å². The van der Waals surface area contributed by atoms with E-state index in [1.807, 2.05) is 0 Å². The SMILES string of the molecule is CN(CC1CCCN1C)c1ccccc1[C@H]1CCCN1C(C)(C)C. The lowest BCUT2D eigenvalue weighted by Crippen LogP contribution is -2.41. The first-order valence-corrected chi connectivity index (χ1v) is 9.65. The molecule has 134 valence electrons. The number of nitrogens with zero attached hydrogens (tertiary/aromatic N) is 3. The van der Waals surface area contributed by atoms with Gasteiger partial charge in [0.2, 0.25) is 0 Å². The summed E-state index contributed by atoms with van der Waals surface area (Å²) in [5, 5.41) is 0. The Morgan fingerprint density at radius 2 is 1.79 bits per heavy atom. The van der Waals surface area contributed by atoms with E-state index in [-0.39, 0.29) is 5.54 Å². The van der Waals surface area contributed by atoms with Crippen LogP contribution in [0.25, 0.3) is 0 Å². The predicted octanol–water partition coefficient (Wildman–Crippen LogP) is 4.15. The smallest absolute Gasteiger partial charge is 0.0412 e. The molecular formula is C21H35N3. The van der Waals surface area contributed by atoms with Gasteiger partial charge in [0.05, 0.1) is 0 Å². The Labute approximate surface area is 148 Å². The van der Waals surface area contributed by atoms with Gasteiger partial charge in [0.25, 0.3) is 0 Å². The molecule has 24 heavy (non-hydrogen) atoms. The van der Waals surface area contributed by atoms with Crippen LogP contribution in [-0.4, -0.2) is 55.1 Å². The van der Waals surface area contributed by atoms with Crippen LogP contribution in [0, 0.1) is 0 Å². The molecule has 2 aliphatic heterocycles.